The van der Waals surface area contributed by atoms with E-state index in [9.17, 15) is 0 Å². The molecule has 0 spiro atoms. The molecule has 51 heavy (non-hydrogen) atoms. The Kier molecular flexibility index (Phi) is 7.51. The Morgan fingerprint density at radius 1 is 0.725 bits per heavy atom. The average Bonchev–Trinajstić information content (AvgIpc) is 3.70. The molecule has 244 valence electrons. The van der Waals surface area contributed by atoms with E-state index in [2.05, 4.69) is 146 Å². The summed E-state index contributed by atoms with van der Waals surface area (Å²) < 4.78 is 2.23. The topological polar surface area (TPSA) is 43.6 Å². The van der Waals surface area contributed by atoms with Gasteiger partial charge in [-0.15, -0.1) is 0 Å². The predicted molar refractivity (Wildman–Crippen MR) is 211 cm³/mol. The van der Waals surface area contributed by atoms with Crippen LogP contribution in [0, 0.1) is 0 Å². The maximum atomic E-state index is 5.18. The summed E-state index contributed by atoms with van der Waals surface area (Å²) in [6.07, 6.45) is 15.2. The Morgan fingerprint density at radius 3 is 2.04 bits per heavy atom. The average molecular weight is 657 g/mol. The molecule has 0 amide bonds. The van der Waals surface area contributed by atoms with Crippen LogP contribution in [0.1, 0.15) is 36.5 Å². The van der Waals surface area contributed by atoms with Crippen molar-refractivity contribution < 1.29 is 0 Å². The lowest BCUT2D eigenvalue weighted by molar-refractivity contribution is 0.696. The smallest absolute Gasteiger partial charge is 0.238 e. The summed E-state index contributed by atoms with van der Waals surface area (Å²) in [5, 5.41) is 2.37. The number of allylic oxidation sites excluding steroid dienone is 9. The Balaban J connectivity index is 1.40. The molecule has 1 unspecified atom stereocenters. The molecule has 2 aromatic heterocycles. The van der Waals surface area contributed by atoms with Gasteiger partial charge in [-0.2, -0.15) is 9.97 Å². The van der Waals surface area contributed by atoms with Crippen molar-refractivity contribution in [3.05, 3.63) is 198 Å². The highest BCUT2D eigenvalue weighted by Crippen LogP contribution is 2.59. The number of fused-ring (bicyclic) bond motifs is 6. The van der Waals surface area contributed by atoms with Gasteiger partial charge in [0, 0.05) is 21.9 Å². The van der Waals surface area contributed by atoms with E-state index in [0.29, 0.717) is 17.6 Å². The molecule has 0 saturated carbocycles. The molecule has 2 aliphatic carbocycles. The van der Waals surface area contributed by atoms with E-state index in [1.54, 1.807) is 0 Å². The molecule has 9 rings (SSSR count). The van der Waals surface area contributed by atoms with Crippen LogP contribution in [0.2, 0.25) is 0 Å². The van der Waals surface area contributed by atoms with Gasteiger partial charge in [-0.1, -0.05) is 158 Å². The largest absolute Gasteiger partial charge is 0.278 e. The Bertz CT molecular complexity index is 2530. The summed E-state index contributed by atoms with van der Waals surface area (Å²) in [6, 6.07) is 44.6. The number of hydrogen-bond acceptors (Lipinski definition) is 3. The lowest BCUT2D eigenvalue weighted by Crippen LogP contribution is -2.30. The van der Waals surface area contributed by atoms with E-state index in [1.807, 2.05) is 36.4 Å². The molecule has 0 aliphatic heterocycles. The Labute approximate surface area is 298 Å². The third-order valence-electron chi connectivity index (χ3n) is 10.4. The minimum Gasteiger partial charge on any atom is -0.278 e. The number of nitrogens with zero attached hydrogens (tertiary/aromatic N) is 4. The van der Waals surface area contributed by atoms with Gasteiger partial charge < -0.3 is 0 Å². The van der Waals surface area contributed by atoms with Gasteiger partial charge in [0.25, 0.3) is 0 Å². The summed E-state index contributed by atoms with van der Waals surface area (Å²) in [7, 11) is 0. The van der Waals surface area contributed by atoms with Crippen LogP contribution >= 0.6 is 0 Å². The number of para-hydroxylation sites is 1. The summed E-state index contributed by atoms with van der Waals surface area (Å²) in [5.74, 6) is 1.87. The SMILES string of the molecule is C=C/C(=C\C=C/C)C1(c2ccccc2)C2=C(C=CCC2)c2c1ccc1c2c2ccccc2n1-c1nc(-c2ccccc2)nc(-c2ccccc2)n1. The molecule has 1 atom stereocenters. The maximum Gasteiger partial charge on any atom is 0.238 e. The zero-order valence-corrected chi connectivity index (χ0v) is 28.5. The van der Waals surface area contributed by atoms with Crippen LogP contribution in [-0.4, -0.2) is 19.5 Å². The van der Waals surface area contributed by atoms with Gasteiger partial charge in [0.1, 0.15) is 0 Å². The van der Waals surface area contributed by atoms with Crippen molar-refractivity contribution in [1.29, 1.82) is 0 Å². The van der Waals surface area contributed by atoms with Gasteiger partial charge in [0.05, 0.1) is 16.4 Å². The maximum absolute atomic E-state index is 5.18. The number of benzene rings is 5. The van der Waals surface area contributed by atoms with Gasteiger partial charge in [-0.25, -0.2) is 4.98 Å². The first-order chi connectivity index (χ1) is 25.2. The van der Waals surface area contributed by atoms with Crippen LogP contribution < -0.4 is 0 Å². The van der Waals surface area contributed by atoms with Crippen molar-refractivity contribution in [2.75, 3.05) is 0 Å². The quantitative estimate of drug-likeness (QED) is 0.160. The summed E-state index contributed by atoms with van der Waals surface area (Å²) in [6.45, 7) is 6.46. The highest BCUT2D eigenvalue weighted by molar-refractivity contribution is 6.17. The van der Waals surface area contributed by atoms with E-state index in [1.165, 1.54) is 44.2 Å². The van der Waals surface area contributed by atoms with Crippen molar-refractivity contribution in [1.82, 2.24) is 19.5 Å². The summed E-state index contributed by atoms with van der Waals surface area (Å²) in [4.78, 5) is 15.4. The summed E-state index contributed by atoms with van der Waals surface area (Å²) in [5.41, 5.74) is 11.2. The van der Waals surface area contributed by atoms with E-state index < -0.39 is 5.41 Å². The van der Waals surface area contributed by atoms with Crippen LogP contribution in [0.15, 0.2) is 182 Å². The van der Waals surface area contributed by atoms with E-state index in [0.717, 1.165) is 35.0 Å². The highest BCUT2D eigenvalue weighted by atomic mass is 15.2. The van der Waals surface area contributed by atoms with Gasteiger partial charge in [-0.05, 0) is 65.3 Å². The third-order valence-corrected chi connectivity index (χ3v) is 10.4. The molecule has 5 aromatic carbocycles. The zero-order chi connectivity index (χ0) is 34.4. The number of rotatable bonds is 7. The minimum absolute atomic E-state index is 0.483. The monoisotopic (exact) mass is 656 g/mol. The van der Waals surface area contributed by atoms with Crippen molar-refractivity contribution in [2.45, 2.75) is 25.2 Å². The molecule has 7 aromatic rings. The van der Waals surface area contributed by atoms with E-state index >= 15 is 0 Å². The Morgan fingerprint density at radius 2 is 1.37 bits per heavy atom. The summed E-state index contributed by atoms with van der Waals surface area (Å²) >= 11 is 0. The third kappa shape index (κ3) is 4.71. The van der Waals surface area contributed by atoms with Gasteiger partial charge in [-0.3, -0.25) is 4.57 Å². The first kappa shape index (κ1) is 30.7. The molecular weight excluding hydrogens is 621 g/mol. The lowest BCUT2D eigenvalue weighted by Gasteiger charge is -2.37. The van der Waals surface area contributed by atoms with Crippen LogP contribution in [0.25, 0.3) is 56.1 Å². The fourth-order valence-electron chi connectivity index (χ4n) is 8.28. The van der Waals surface area contributed by atoms with Gasteiger partial charge in [0.15, 0.2) is 11.6 Å². The Hall–Kier alpha value is -6.39. The second-order valence-corrected chi connectivity index (χ2v) is 13.1. The molecule has 4 heteroatoms. The van der Waals surface area contributed by atoms with Crippen LogP contribution in [0.3, 0.4) is 0 Å². The second-order valence-electron chi connectivity index (χ2n) is 13.1. The molecule has 4 nitrogen and oxygen atoms in total. The molecule has 0 saturated heterocycles. The van der Waals surface area contributed by atoms with Crippen LogP contribution in [-0.2, 0) is 5.41 Å². The van der Waals surface area contributed by atoms with Gasteiger partial charge >= 0.3 is 0 Å². The second kappa shape index (κ2) is 12.5. The fourth-order valence-corrected chi connectivity index (χ4v) is 8.28. The van der Waals surface area contributed by atoms with Gasteiger partial charge in [0.2, 0.25) is 5.95 Å². The molecule has 0 fully saturated rings. The molecule has 2 aliphatic rings. The van der Waals surface area contributed by atoms with E-state index in [4.69, 9.17) is 15.0 Å². The molecule has 0 bridgehead atoms. The fraction of sp³-hybridized carbons (Fsp3) is 0.0851. The number of hydrogen-bond donors (Lipinski definition) is 0. The zero-order valence-electron chi connectivity index (χ0n) is 28.5. The van der Waals surface area contributed by atoms with Crippen molar-refractivity contribution in [3.8, 4) is 28.7 Å². The van der Waals surface area contributed by atoms with Crippen LogP contribution in [0.4, 0.5) is 0 Å². The predicted octanol–water partition coefficient (Wildman–Crippen LogP) is 11.4. The normalized spacial score (nSPS) is 17.0. The lowest BCUT2D eigenvalue weighted by atomic mass is 9.65. The minimum atomic E-state index is -0.483. The molecule has 0 N–H and O–H groups in total. The van der Waals surface area contributed by atoms with Crippen molar-refractivity contribution in [3.63, 3.8) is 0 Å². The van der Waals surface area contributed by atoms with Crippen LogP contribution in [0.5, 0.6) is 0 Å². The van der Waals surface area contributed by atoms with E-state index in [-0.39, 0.29) is 0 Å². The molecule has 0 radical (unpaired) electrons. The van der Waals surface area contributed by atoms with Crippen molar-refractivity contribution in [2.24, 2.45) is 0 Å². The molecule has 2 heterocycles. The first-order valence-electron chi connectivity index (χ1n) is 17.6. The first-order valence-corrected chi connectivity index (χ1v) is 17.6. The standard InChI is InChI=1S/C47H36N4/c1-3-5-23-34(4-2)47(35-24-13-8-14-25-35)38-28-17-15-26-36(38)42-39(47)30-31-41-43(42)37-27-16-18-29-40(37)51(41)46-49-44(32-19-9-6-10-20-32)48-45(50-46)33-21-11-7-12-22-33/h3-16,18-27,29-31H,2,17,28H2,1H3/b5-3-,34-23+. The van der Waals surface area contributed by atoms with Crippen molar-refractivity contribution >= 4 is 27.4 Å². The number of aromatic nitrogens is 4. The molecular formula is C47H36N4. The highest BCUT2D eigenvalue weighted by Gasteiger charge is 2.48.